The fraction of sp³-hybridized carbons (Fsp3) is 0.357. The quantitative estimate of drug-likeness (QED) is 0.841. The molecule has 1 aromatic carbocycles. The maximum absolute atomic E-state index is 11.9. The summed E-state index contributed by atoms with van der Waals surface area (Å²) in [4.78, 5) is 15.8. The van der Waals surface area contributed by atoms with Gasteiger partial charge in [-0.1, -0.05) is 13.8 Å². The van der Waals surface area contributed by atoms with Crippen molar-refractivity contribution in [2.24, 2.45) is 5.92 Å². The monoisotopic (exact) mass is 274 g/mol. The molecule has 1 heterocycles. The molecule has 2 rings (SSSR count). The summed E-state index contributed by atoms with van der Waals surface area (Å²) in [5.41, 5.74) is 0.585. The van der Waals surface area contributed by atoms with Gasteiger partial charge in [-0.05, 0) is 30.2 Å². The molecular weight excluding hydrogens is 256 g/mol. The lowest BCUT2D eigenvalue weighted by Gasteiger charge is -2.09. The first-order chi connectivity index (χ1) is 9.65. The molecule has 2 aromatic rings. The first-order valence-electron chi connectivity index (χ1n) is 6.50. The summed E-state index contributed by atoms with van der Waals surface area (Å²) < 4.78 is 5.57. The van der Waals surface area contributed by atoms with Gasteiger partial charge < -0.3 is 10.1 Å². The molecule has 0 spiro atoms. The number of nitrogens with one attached hydrogen (secondary N) is 2. The average molecular weight is 274 g/mol. The Labute approximate surface area is 117 Å². The normalized spacial score (nSPS) is 10.6. The van der Waals surface area contributed by atoms with Gasteiger partial charge in [0.1, 0.15) is 17.9 Å². The van der Waals surface area contributed by atoms with Crippen LogP contribution >= 0.6 is 0 Å². The number of hydrogen-bond donors (Lipinski definition) is 2. The number of rotatable bonds is 6. The van der Waals surface area contributed by atoms with E-state index in [1.807, 2.05) is 0 Å². The van der Waals surface area contributed by atoms with Crippen LogP contribution < -0.4 is 10.1 Å². The Morgan fingerprint density at radius 3 is 2.70 bits per heavy atom. The van der Waals surface area contributed by atoms with Crippen molar-refractivity contribution in [1.29, 1.82) is 0 Å². The smallest absolute Gasteiger partial charge is 0.251 e. The van der Waals surface area contributed by atoms with E-state index in [9.17, 15) is 4.79 Å². The molecule has 0 atom stereocenters. The van der Waals surface area contributed by atoms with E-state index in [2.05, 4.69) is 34.3 Å². The second-order valence-corrected chi connectivity index (χ2v) is 4.84. The minimum atomic E-state index is -0.156. The Balaban J connectivity index is 1.87. The molecule has 0 aliphatic heterocycles. The van der Waals surface area contributed by atoms with E-state index in [1.165, 1.54) is 6.33 Å². The lowest BCUT2D eigenvalue weighted by Crippen LogP contribution is -2.23. The minimum Gasteiger partial charge on any atom is -0.493 e. The second-order valence-electron chi connectivity index (χ2n) is 4.84. The topological polar surface area (TPSA) is 79.9 Å². The number of H-pyrrole nitrogens is 1. The Kier molecular flexibility index (Phi) is 4.70. The van der Waals surface area contributed by atoms with Gasteiger partial charge in [0.25, 0.3) is 5.91 Å². The van der Waals surface area contributed by atoms with Gasteiger partial charge in [-0.3, -0.25) is 9.89 Å². The molecule has 106 valence electrons. The predicted octanol–water partition coefficient (Wildman–Crippen LogP) is 1.77. The highest BCUT2D eigenvalue weighted by Crippen LogP contribution is 2.13. The number of benzene rings is 1. The number of nitrogens with zero attached hydrogens (tertiary/aromatic N) is 2. The fourth-order valence-corrected chi connectivity index (χ4v) is 1.55. The molecule has 6 heteroatoms. The zero-order valence-corrected chi connectivity index (χ0v) is 11.6. The van der Waals surface area contributed by atoms with Crippen molar-refractivity contribution < 1.29 is 9.53 Å². The van der Waals surface area contributed by atoms with Gasteiger partial charge in [0.15, 0.2) is 0 Å². The first kappa shape index (κ1) is 14.0. The SMILES string of the molecule is CC(C)COc1ccc(C(=O)NCc2ncn[nH]2)cc1. The minimum absolute atomic E-state index is 0.156. The van der Waals surface area contributed by atoms with E-state index in [4.69, 9.17) is 4.74 Å². The van der Waals surface area contributed by atoms with Crippen molar-refractivity contribution in [3.63, 3.8) is 0 Å². The summed E-state index contributed by atoms with van der Waals surface area (Å²) in [5, 5.41) is 9.16. The largest absolute Gasteiger partial charge is 0.493 e. The number of carbonyl (C=O) groups excluding carboxylic acids is 1. The van der Waals surface area contributed by atoms with Gasteiger partial charge in [-0.2, -0.15) is 5.10 Å². The van der Waals surface area contributed by atoms with Crippen LogP contribution in [0.3, 0.4) is 0 Å². The van der Waals surface area contributed by atoms with Crippen molar-refractivity contribution in [3.05, 3.63) is 42.0 Å². The van der Waals surface area contributed by atoms with Gasteiger partial charge in [0, 0.05) is 5.56 Å². The number of amides is 1. The molecule has 0 saturated carbocycles. The molecule has 0 unspecified atom stereocenters. The highest BCUT2D eigenvalue weighted by atomic mass is 16.5. The van der Waals surface area contributed by atoms with Crippen molar-refractivity contribution >= 4 is 5.91 Å². The Bertz CT molecular complexity index is 535. The van der Waals surface area contributed by atoms with E-state index in [0.717, 1.165) is 5.75 Å². The third-order valence-corrected chi connectivity index (χ3v) is 2.58. The van der Waals surface area contributed by atoms with Crippen molar-refractivity contribution in [1.82, 2.24) is 20.5 Å². The zero-order valence-electron chi connectivity index (χ0n) is 11.6. The van der Waals surface area contributed by atoms with E-state index < -0.39 is 0 Å². The summed E-state index contributed by atoms with van der Waals surface area (Å²) in [6.45, 7) is 5.16. The second kappa shape index (κ2) is 6.70. The Morgan fingerprint density at radius 2 is 2.10 bits per heavy atom. The lowest BCUT2D eigenvalue weighted by atomic mass is 10.2. The first-order valence-corrected chi connectivity index (χ1v) is 6.50. The number of carbonyl (C=O) groups is 1. The van der Waals surface area contributed by atoms with Crippen LogP contribution in [0.1, 0.15) is 30.0 Å². The molecule has 1 aromatic heterocycles. The van der Waals surface area contributed by atoms with Gasteiger partial charge in [-0.15, -0.1) is 0 Å². The molecular formula is C14H18N4O2. The van der Waals surface area contributed by atoms with Crippen LogP contribution in [-0.4, -0.2) is 27.7 Å². The summed E-state index contributed by atoms with van der Waals surface area (Å²) in [6, 6.07) is 7.08. The molecule has 0 aliphatic rings. The third kappa shape index (κ3) is 4.08. The van der Waals surface area contributed by atoms with Crippen LogP contribution in [0.2, 0.25) is 0 Å². The standard InChI is InChI=1S/C14H18N4O2/c1-10(2)8-20-12-5-3-11(4-6-12)14(19)15-7-13-16-9-17-18-13/h3-6,9-10H,7-8H2,1-2H3,(H,15,19)(H,16,17,18). The summed E-state index contributed by atoms with van der Waals surface area (Å²) in [5.74, 6) is 1.71. The van der Waals surface area contributed by atoms with Crippen molar-refractivity contribution in [2.45, 2.75) is 20.4 Å². The summed E-state index contributed by atoms with van der Waals surface area (Å²) in [6.07, 6.45) is 1.41. The number of aromatic nitrogens is 3. The van der Waals surface area contributed by atoms with Crippen LogP contribution in [0, 0.1) is 5.92 Å². The molecule has 2 N–H and O–H groups in total. The van der Waals surface area contributed by atoms with Gasteiger partial charge >= 0.3 is 0 Å². The van der Waals surface area contributed by atoms with E-state index >= 15 is 0 Å². The summed E-state index contributed by atoms with van der Waals surface area (Å²) in [7, 11) is 0. The maximum Gasteiger partial charge on any atom is 0.251 e. The molecule has 0 saturated heterocycles. The molecule has 0 fully saturated rings. The fourth-order valence-electron chi connectivity index (χ4n) is 1.55. The number of aromatic amines is 1. The van der Waals surface area contributed by atoms with Crippen LogP contribution in [0.4, 0.5) is 0 Å². The zero-order chi connectivity index (χ0) is 14.4. The van der Waals surface area contributed by atoms with Crippen molar-refractivity contribution in [3.8, 4) is 5.75 Å². The van der Waals surface area contributed by atoms with Gasteiger partial charge in [0.05, 0.1) is 13.2 Å². The summed E-state index contributed by atoms with van der Waals surface area (Å²) >= 11 is 0. The van der Waals surface area contributed by atoms with Gasteiger partial charge in [0.2, 0.25) is 0 Å². The van der Waals surface area contributed by atoms with Crippen molar-refractivity contribution in [2.75, 3.05) is 6.61 Å². The molecule has 0 radical (unpaired) electrons. The Morgan fingerprint density at radius 1 is 1.35 bits per heavy atom. The van der Waals surface area contributed by atoms with Crippen LogP contribution in [-0.2, 0) is 6.54 Å². The van der Waals surface area contributed by atoms with Crippen LogP contribution in [0.5, 0.6) is 5.75 Å². The maximum atomic E-state index is 11.9. The van der Waals surface area contributed by atoms with E-state index in [0.29, 0.717) is 30.5 Å². The van der Waals surface area contributed by atoms with E-state index in [1.54, 1.807) is 24.3 Å². The van der Waals surface area contributed by atoms with Crippen LogP contribution in [0.15, 0.2) is 30.6 Å². The lowest BCUT2D eigenvalue weighted by molar-refractivity contribution is 0.0950. The van der Waals surface area contributed by atoms with Crippen LogP contribution in [0.25, 0.3) is 0 Å². The molecule has 1 amide bonds. The molecule has 0 bridgehead atoms. The number of hydrogen-bond acceptors (Lipinski definition) is 4. The third-order valence-electron chi connectivity index (χ3n) is 2.58. The Hall–Kier alpha value is -2.37. The number of ether oxygens (including phenoxy) is 1. The molecule has 20 heavy (non-hydrogen) atoms. The predicted molar refractivity (Wildman–Crippen MR) is 74.3 cm³/mol. The molecule has 0 aliphatic carbocycles. The highest BCUT2D eigenvalue weighted by Gasteiger charge is 2.06. The highest BCUT2D eigenvalue weighted by molar-refractivity contribution is 5.94. The average Bonchev–Trinajstić information content (AvgIpc) is 2.96. The van der Waals surface area contributed by atoms with Gasteiger partial charge in [-0.25, -0.2) is 4.98 Å². The van der Waals surface area contributed by atoms with E-state index in [-0.39, 0.29) is 5.91 Å². The molecule has 6 nitrogen and oxygen atoms in total.